The zero-order valence-corrected chi connectivity index (χ0v) is 24.5. The monoisotopic (exact) mass is 619 g/mol. The standard InChI is InChI=1S/C28H31BrClN3O4S/c1-31-28(35)26(19-21-7-4-3-5-8-21)32(20-22-10-12-23(29)13-11-22)27(34)9-6-18-33(38(2,36)37)25-16-14-24(30)15-17-25/h3-5,7-8,10-17,26H,6,9,18-20H2,1-2H3,(H,31,35)/t26-/m1/s1. The number of halogens is 2. The molecule has 3 rings (SSSR count). The van der Waals surface area contributed by atoms with Crippen molar-refractivity contribution in [1.82, 2.24) is 10.2 Å². The summed E-state index contributed by atoms with van der Waals surface area (Å²) in [5, 5.41) is 3.20. The van der Waals surface area contributed by atoms with Gasteiger partial charge in [0.05, 0.1) is 11.9 Å². The summed E-state index contributed by atoms with van der Waals surface area (Å²) in [6.07, 6.45) is 1.82. The molecule has 10 heteroatoms. The third-order valence-electron chi connectivity index (χ3n) is 6.05. The molecule has 202 valence electrons. The fraction of sp³-hybridized carbons (Fsp3) is 0.286. The SMILES string of the molecule is CNC(=O)[C@@H](Cc1ccccc1)N(Cc1ccc(Br)cc1)C(=O)CCCN(c1ccc(Cl)cc1)S(C)(=O)=O. The first-order valence-corrected chi connectivity index (χ1v) is 15.1. The molecular formula is C28H31BrClN3O4S. The molecule has 1 atom stereocenters. The van der Waals surface area contributed by atoms with E-state index in [9.17, 15) is 18.0 Å². The van der Waals surface area contributed by atoms with Crippen LogP contribution in [0, 0.1) is 0 Å². The van der Waals surface area contributed by atoms with E-state index in [4.69, 9.17) is 11.6 Å². The first-order valence-electron chi connectivity index (χ1n) is 12.1. The number of hydrogen-bond donors (Lipinski definition) is 1. The summed E-state index contributed by atoms with van der Waals surface area (Å²) in [5.74, 6) is -0.500. The van der Waals surface area contributed by atoms with Gasteiger partial charge in [-0.25, -0.2) is 8.42 Å². The molecular weight excluding hydrogens is 590 g/mol. The number of rotatable bonds is 12. The topological polar surface area (TPSA) is 86.8 Å². The highest BCUT2D eigenvalue weighted by atomic mass is 79.9. The molecule has 3 aromatic carbocycles. The van der Waals surface area contributed by atoms with Gasteiger partial charge in [-0.3, -0.25) is 13.9 Å². The lowest BCUT2D eigenvalue weighted by Crippen LogP contribution is -2.49. The van der Waals surface area contributed by atoms with E-state index >= 15 is 0 Å². The molecule has 0 aliphatic heterocycles. The van der Waals surface area contributed by atoms with Gasteiger partial charge < -0.3 is 10.2 Å². The van der Waals surface area contributed by atoms with E-state index in [2.05, 4.69) is 21.2 Å². The first-order chi connectivity index (χ1) is 18.1. The summed E-state index contributed by atoms with van der Waals surface area (Å²) in [6, 6.07) is 22.9. The molecule has 0 heterocycles. The van der Waals surface area contributed by atoms with Crippen LogP contribution in [0.4, 0.5) is 5.69 Å². The second-order valence-electron chi connectivity index (χ2n) is 8.88. The summed E-state index contributed by atoms with van der Waals surface area (Å²) in [4.78, 5) is 28.2. The van der Waals surface area contributed by atoms with Gasteiger partial charge in [0.1, 0.15) is 6.04 Å². The molecule has 2 amide bonds. The number of hydrogen-bond acceptors (Lipinski definition) is 4. The number of anilines is 1. The van der Waals surface area contributed by atoms with Gasteiger partial charge >= 0.3 is 0 Å². The number of likely N-dealkylation sites (N-methyl/N-ethyl adjacent to an activating group) is 1. The normalized spacial score (nSPS) is 12.0. The molecule has 38 heavy (non-hydrogen) atoms. The molecule has 0 saturated heterocycles. The average Bonchev–Trinajstić information content (AvgIpc) is 2.89. The van der Waals surface area contributed by atoms with Crippen LogP contribution in [0.1, 0.15) is 24.0 Å². The van der Waals surface area contributed by atoms with Gasteiger partial charge in [-0.1, -0.05) is 70.0 Å². The van der Waals surface area contributed by atoms with Crippen LogP contribution in [0.2, 0.25) is 5.02 Å². The second kappa shape index (κ2) is 13.8. The first kappa shape index (κ1) is 29.7. The van der Waals surface area contributed by atoms with Gasteiger partial charge in [-0.15, -0.1) is 0 Å². The molecule has 1 N–H and O–H groups in total. The highest BCUT2D eigenvalue weighted by Gasteiger charge is 2.30. The van der Waals surface area contributed by atoms with E-state index < -0.39 is 16.1 Å². The van der Waals surface area contributed by atoms with Crippen LogP contribution in [0.5, 0.6) is 0 Å². The number of carbonyl (C=O) groups excluding carboxylic acids is 2. The van der Waals surface area contributed by atoms with E-state index in [1.54, 1.807) is 36.2 Å². The smallest absolute Gasteiger partial charge is 0.242 e. The van der Waals surface area contributed by atoms with Crippen molar-refractivity contribution in [3.05, 3.63) is 99.5 Å². The Bertz CT molecular complexity index is 1320. The van der Waals surface area contributed by atoms with Gasteiger partial charge in [-0.05, 0) is 53.9 Å². The Balaban J connectivity index is 1.83. The molecule has 0 aromatic heterocycles. The number of benzene rings is 3. The summed E-state index contributed by atoms with van der Waals surface area (Å²) in [6.45, 7) is 0.353. The highest BCUT2D eigenvalue weighted by Crippen LogP contribution is 2.22. The fourth-order valence-corrected chi connectivity index (χ4v) is 5.47. The van der Waals surface area contributed by atoms with Crippen molar-refractivity contribution in [2.75, 3.05) is 24.2 Å². The van der Waals surface area contributed by atoms with E-state index in [1.807, 2.05) is 54.6 Å². The number of nitrogens with one attached hydrogen (secondary N) is 1. The largest absolute Gasteiger partial charge is 0.357 e. The van der Waals surface area contributed by atoms with Crippen molar-refractivity contribution in [1.29, 1.82) is 0 Å². The Morgan fingerprint density at radius 1 is 0.947 bits per heavy atom. The Morgan fingerprint density at radius 3 is 2.16 bits per heavy atom. The van der Waals surface area contributed by atoms with Crippen LogP contribution in [-0.2, 0) is 32.6 Å². The van der Waals surface area contributed by atoms with Crippen LogP contribution in [0.15, 0.2) is 83.3 Å². The highest BCUT2D eigenvalue weighted by molar-refractivity contribution is 9.10. The van der Waals surface area contributed by atoms with Gasteiger partial charge in [0, 0.05) is 42.5 Å². The van der Waals surface area contributed by atoms with E-state index in [0.717, 1.165) is 21.9 Å². The lowest BCUT2D eigenvalue weighted by molar-refractivity contribution is -0.141. The van der Waals surface area contributed by atoms with Gasteiger partial charge in [-0.2, -0.15) is 0 Å². The number of nitrogens with zero attached hydrogens (tertiary/aromatic N) is 2. The third kappa shape index (κ3) is 8.58. The lowest BCUT2D eigenvalue weighted by atomic mass is 10.0. The maximum absolute atomic E-state index is 13.6. The van der Waals surface area contributed by atoms with Crippen molar-refractivity contribution in [3.63, 3.8) is 0 Å². The van der Waals surface area contributed by atoms with E-state index in [1.165, 1.54) is 4.31 Å². The Morgan fingerprint density at radius 2 is 1.58 bits per heavy atom. The molecule has 0 aliphatic carbocycles. The fourth-order valence-electron chi connectivity index (χ4n) is 4.12. The van der Waals surface area contributed by atoms with Crippen molar-refractivity contribution in [2.45, 2.75) is 31.8 Å². The molecule has 0 radical (unpaired) electrons. The molecule has 7 nitrogen and oxygen atoms in total. The number of amides is 2. The second-order valence-corrected chi connectivity index (χ2v) is 12.1. The Kier molecular flexibility index (Phi) is 10.8. The van der Waals surface area contributed by atoms with Gasteiger partial charge in [0.25, 0.3) is 0 Å². The van der Waals surface area contributed by atoms with Crippen LogP contribution in [0.25, 0.3) is 0 Å². The van der Waals surface area contributed by atoms with Crippen molar-refractivity contribution < 1.29 is 18.0 Å². The van der Waals surface area contributed by atoms with Crippen molar-refractivity contribution >= 4 is 55.1 Å². The Labute approximate surface area is 238 Å². The molecule has 0 unspecified atom stereocenters. The minimum atomic E-state index is -3.58. The summed E-state index contributed by atoms with van der Waals surface area (Å²) in [7, 11) is -2.02. The van der Waals surface area contributed by atoms with Gasteiger partial charge in [0.2, 0.25) is 21.8 Å². The Hall–Kier alpha value is -2.88. The van der Waals surface area contributed by atoms with Crippen molar-refractivity contribution in [3.8, 4) is 0 Å². The van der Waals surface area contributed by atoms with Gasteiger partial charge in [0.15, 0.2) is 0 Å². The zero-order valence-electron chi connectivity index (χ0n) is 21.3. The summed E-state index contributed by atoms with van der Waals surface area (Å²) in [5.41, 5.74) is 2.28. The molecule has 0 spiro atoms. The summed E-state index contributed by atoms with van der Waals surface area (Å²) >= 11 is 9.39. The number of sulfonamides is 1. The molecule has 3 aromatic rings. The van der Waals surface area contributed by atoms with E-state index in [0.29, 0.717) is 17.1 Å². The zero-order chi connectivity index (χ0) is 27.7. The lowest BCUT2D eigenvalue weighted by Gasteiger charge is -2.31. The van der Waals surface area contributed by atoms with E-state index in [-0.39, 0.29) is 37.7 Å². The minimum Gasteiger partial charge on any atom is -0.357 e. The number of carbonyl (C=O) groups is 2. The molecule has 0 aliphatic rings. The third-order valence-corrected chi connectivity index (χ3v) is 8.03. The van der Waals surface area contributed by atoms with Crippen molar-refractivity contribution in [2.24, 2.45) is 0 Å². The molecule has 0 saturated carbocycles. The average molecular weight is 621 g/mol. The predicted octanol–water partition coefficient (Wildman–Crippen LogP) is 5.03. The maximum Gasteiger partial charge on any atom is 0.242 e. The maximum atomic E-state index is 13.6. The van der Waals surface area contributed by atoms with Crippen LogP contribution in [0.3, 0.4) is 0 Å². The van der Waals surface area contributed by atoms with Crippen LogP contribution >= 0.6 is 27.5 Å². The quantitative estimate of drug-likeness (QED) is 0.308. The predicted molar refractivity (Wildman–Crippen MR) is 156 cm³/mol. The summed E-state index contributed by atoms with van der Waals surface area (Å²) < 4.78 is 27.1. The van der Waals surface area contributed by atoms with Crippen LogP contribution < -0.4 is 9.62 Å². The molecule has 0 bridgehead atoms. The van der Waals surface area contributed by atoms with Crippen LogP contribution in [-0.4, -0.2) is 51.0 Å². The molecule has 0 fully saturated rings. The minimum absolute atomic E-state index is 0.0679.